The van der Waals surface area contributed by atoms with E-state index >= 15 is 0 Å². The van der Waals surface area contributed by atoms with Crippen LogP contribution in [0.15, 0.2) is 30.3 Å². The van der Waals surface area contributed by atoms with E-state index in [1.165, 1.54) is 5.56 Å². The predicted octanol–water partition coefficient (Wildman–Crippen LogP) is 2.16. The normalized spacial score (nSPS) is 10.9. The average Bonchev–Trinajstić information content (AvgIpc) is 2.47. The highest BCUT2D eigenvalue weighted by molar-refractivity contribution is 5.81. The minimum Gasteiger partial charge on any atom is -0.395 e. The molecule has 0 spiro atoms. The molecular formula is C16H23N3O. The zero-order valence-electron chi connectivity index (χ0n) is 12.3. The van der Waals surface area contributed by atoms with Crippen molar-refractivity contribution >= 4 is 16.7 Å². The van der Waals surface area contributed by atoms with Gasteiger partial charge in [-0.2, -0.15) is 0 Å². The van der Waals surface area contributed by atoms with Gasteiger partial charge in [-0.25, -0.2) is 4.98 Å². The molecule has 1 heterocycles. The van der Waals surface area contributed by atoms with E-state index in [-0.39, 0.29) is 6.61 Å². The van der Waals surface area contributed by atoms with Crippen LogP contribution in [-0.2, 0) is 6.54 Å². The zero-order valence-corrected chi connectivity index (χ0v) is 12.3. The highest BCUT2D eigenvalue weighted by Crippen LogP contribution is 2.23. The SMILES string of the molecule is CCCN(CCO)c1nc2ccccc2cc1CNC. The van der Waals surface area contributed by atoms with Crippen LogP contribution in [0.2, 0.25) is 0 Å². The van der Waals surface area contributed by atoms with Crippen LogP contribution in [0, 0.1) is 0 Å². The number of nitrogens with one attached hydrogen (secondary N) is 1. The maximum atomic E-state index is 9.27. The number of fused-ring (bicyclic) bond motifs is 1. The van der Waals surface area contributed by atoms with Gasteiger partial charge in [0.2, 0.25) is 0 Å². The van der Waals surface area contributed by atoms with Crippen LogP contribution in [-0.4, -0.2) is 36.8 Å². The molecule has 4 nitrogen and oxygen atoms in total. The lowest BCUT2D eigenvalue weighted by Crippen LogP contribution is -2.30. The Morgan fingerprint density at radius 3 is 2.75 bits per heavy atom. The molecule has 4 heteroatoms. The summed E-state index contributed by atoms with van der Waals surface area (Å²) in [5.41, 5.74) is 2.18. The van der Waals surface area contributed by atoms with E-state index in [0.29, 0.717) is 6.54 Å². The summed E-state index contributed by atoms with van der Waals surface area (Å²) in [6, 6.07) is 10.3. The quantitative estimate of drug-likeness (QED) is 0.811. The molecule has 2 aromatic rings. The third-order valence-corrected chi connectivity index (χ3v) is 3.31. The summed E-state index contributed by atoms with van der Waals surface area (Å²) in [6.45, 7) is 4.59. The van der Waals surface area contributed by atoms with E-state index in [2.05, 4.69) is 29.3 Å². The van der Waals surface area contributed by atoms with E-state index in [1.807, 2.05) is 25.2 Å². The number of hydrogen-bond donors (Lipinski definition) is 2. The second-order valence-corrected chi connectivity index (χ2v) is 4.90. The molecule has 0 saturated heterocycles. The maximum Gasteiger partial charge on any atom is 0.133 e. The first-order chi connectivity index (χ1) is 9.80. The summed E-state index contributed by atoms with van der Waals surface area (Å²) in [4.78, 5) is 6.97. The van der Waals surface area contributed by atoms with Crippen molar-refractivity contribution in [3.63, 3.8) is 0 Å². The molecule has 0 aliphatic heterocycles. The van der Waals surface area contributed by atoms with Crippen molar-refractivity contribution in [1.29, 1.82) is 0 Å². The summed E-state index contributed by atoms with van der Waals surface area (Å²) < 4.78 is 0. The van der Waals surface area contributed by atoms with E-state index in [1.54, 1.807) is 0 Å². The van der Waals surface area contributed by atoms with Crippen molar-refractivity contribution in [3.05, 3.63) is 35.9 Å². The molecule has 2 N–H and O–H groups in total. The molecule has 1 aromatic heterocycles. The Hall–Kier alpha value is -1.65. The number of benzene rings is 1. The van der Waals surface area contributed by atoms with Crippen LogP contribution in [0.1, 0.15) is 18.9 Å². The van der Waals surface area contributed by atoms with Gasteiger partial charge in [-0.3, -0.25) is 0 Å². The Kier molecular flexibility index (Phi) is 5.32. The number of nitrogens with zero attached hydrogens (tertiary/aromatic N) is 2. The van der Waals surface area contributed by atoms with Gasteiger partial charge in [0.05, 0.1) is 12.1 Å². The Labute approximate surface area is 120 Å². The molecule has 1 aromatic carbocycles. The first kappa shape index (κ1) is 14.8. The van der Waals surface area contributed by atoms with Gasteiger partial charge in [0.25, 0.3) is 0 Å². The highest BCUT2D eigenvalue weighted by atomic mass is 16.3. The molecule has 0 radical (unpaired) electrons. The van der Waals surface area contributed by atoms with Gasteiger partial charge in [-0.1, -0.05) is 25.1 Å². The molecule has 108 valence electrons. The number of rotatable bonds is 7. The fourth-order valence-electron chi connectivity index (χ4n) is 2.46. The molecule has 0 saturated carbocycles. The lowest BCUT2D eigenvalue weighted by molar-refractivity contribution is 0.301. The zero-order chi connectivity index (χ0) is 14.4. The third kappa shape index (κ3) is 3.26. The fourth-order valence-corrected chi connectivity index (χ4v) is 2.46. The van der Waals surface area contributed by atoms with Gasteiger partial charge in [0.15, 0.2) is 0 Å². The molecule has 0 aliphatic rings. The summed E-state index contributed by atoms with van der Waals surface area (Å²) in [6.07, 6.45) is 1.04. The smallest absolute Gasteiger partial charge is 0.133 e. The second kappa shape index (κ2) is 7.22. The van der Waals surface area contributed by atoms with Crippen molar-refractivity contribution in [2.24, 2.45) is 0 Å². The van der Waals surface area contributed by atoms with E-state index in [0.717, 1.165) is 36.2 Å². The van der Waals surface area contributed by atoms with Crippen molar-refractivity contribution in [2.45, 2.75) is 19.9 Å². The number of aliphatic hydroxyl groups excluding tert-OH is 1. The standard InChI is InChI=1S/C16H23N3O/c1-3-8-19(9-10-20)16-14(12-17-2)11-13-6-4-5-7-15(13)18-16/h4-7,11,17,20H,3,8-10,12H2,1-2H3. The molecule has 0 atom stereocenters. The van der Waals surface area contributed by atoms with Crippen LogP contribution in [0.3, 0.4) is 0 Å². The van der Waals surface area contributed by atoms with Crippen LogP contribution >= 0.6 is 0 Å². The van der Waals surface area contributed by atoms with Gasteiger partial charge >= 0.3 is 0 Å². The molecule has 20 heavy (non-hydrogen) atoms. The van der Waals surface area contributed by atoms with Crippen molar-refractivity contribution < 1.29 is 5.11 Å². The number of anilines is 1. The first-order valence-electron chi connectivity index (χ1n) is 7.19. The Morgan fingerprint density at radius 1 is 1.25 bits per heavy atom. The summed E-state index contributed by atoms with van der Waals surface area (Å²) in [5.74, 6) is 0.981. The minimum absolute atomic E-state index is 0.146. The molecule has 0 aliphatic carbocycles. The highest BCUT2D eigenvalue weighted by Gasteiger charge is 2.13. The number of para-hydroxylation sites is 1. The number of hydrogen-bond acceptors (Lipinski definition) is 4. The molecular weight excluding hydrogens is 250 g/mol. The number of aliphatic hydroxyl groups is 1. The van der Waals surface area contributed by atoms with Gasteiger partial charge in [-0.05, 0) is 25.6 Å². The second-order valence-electron chi connectivity index (χ2n) is 4.90. The molecule has 0 fully saturated rings. The topological polar surface area (TPSA) is 48.4 Å². The lowest BCUT2D eigenvalue weighted by Gasteiger charge is -2.25. The van der Waals surface area contributed by atoms with Gasteiger partial charge in [-0.15, -0.1) is 0 Å². The Morgan fingerprint density at radius 2 is 2.05 bits per heavy atom. The van der Waals surface area contributed by atoms with Gasteiger partial charge < -0.3 is 15.3 Å². The van der Waals surface area contributed by atoms with E-state index in [4.69, 9.17) is 4.98 Å². The van der Waals surface area contributed by atoms with Crippen LogP contribution in [0.5, 0.6) is 0 Å². The minimum atomic E-state index is 0.146. The van der Waals surface area contributed by atoms with Crippen LogP contribution in [0.4, 0.5) is 5.82 Å². The molecule has 0 bridgehead atoms. The predicted molar refractivity (Wildman–Crippen MR) is 84.1 cm³/mol. The maximum absolute atomic E-state index is 9.27. The molecule has 0 unspecified atom stereocenters. The fraction of sp³-hybridized carbons (Fsp3) is 0.438. The van der Waals surface area contributed by atoms with Crippen molar-refractivity contribution in [3.8, 4) is 0 Å². The monoisotopic (exact) mass is 273 g/mol. The largest absolute Gasteiger partial charge is 0.395 e. The van der Waals surface area contributed by atoms with Gasteiger partial charge in [0.1, 0.15) is 5.82 Å². The summed E-state index contributed by atoms with van der Waals surface area (Å²) in [5, 5.41) is 13.6. The van der Waals surface area contributed by atoms with Crippen molar-refractivity contribution in [1.82, 2.24) is 10.3 Å². The van der Waals surface area contributed by atoms with E-state index in [9.17, 15) is 5.11 Å². The molecule has 2 rings (SSSR count). The van der Waals surface area contributed by atoms with Crippen molar-refractivity contribution in [2.75, 3.05) is 31.6 Å². The van der Waals surface area contributed by atoms with Gasteiger partial charge in [0, 0.05) is 30.6 Å². The summed E-state index contributed by atoms with van der Waals surface area (Å²) >= 11 is 0. The Bertz CT molecular complexity index is 550. The number of aromatic nitrogens is 1. The number of pyridine rings is 1. The summed E-state index contributed by atoms with van der Waals surface area (Å²) in [7, 11) is 1.94. The van der Waals surface area contributed by atoms with E-state index < -0.39 is 0 Å². The first-order valence-corrected chi connectivity index (χ1v) is 7.19. The lowest BCUT2D eigenvalue weighted by atomic mass is 10.1. The Balaban J connectivity index is 2.48. The van der Waals surface area contributed by atoms with Crippen LogP contribution in [0.25, 0.3) is 10.9 Å². The average molecular weight is 273 g/mol. The van der Waals surface area contributed by atoms with Crippen LogP contribution < -0.4 is 10.2 Å². The molecule has 0 amide bonds. The third-order valence-electron chi connectivity index (χ3n) is 3.31.